The summed E-state index contributed by atoms with van der Waals surface area (Å²) in [6.45, 7) is 2.52. The van der Waals surface area contributed by atoms with Crippen molar-refractivity contribution in [1.29, 1.82) is 0 Å². The Bertz CT molecular complexity index is 353. The van der Waals surface area contributed by atoms with Gasteiger partial charge in [0.2, 0.25) is 0 Å². The minimum absolute atomic E-state index is 0.132. The maximum atomic E-state index is 12.0. The van der Waals surface area contributed by atoms with Gasteiger partial charge in [-0.25, -0.2) is 0 Å². The summed E-state index contributed by atoms with van der Waals surface area (Å²) in [4.78, 5) is 0. The molecule has 0 bridgehead atoms. The van der Waals surface area contributed by atoms with Crippen molar-refractivity contribution < 1.29 is 18.3 Å². The van der Waals surface area contributed by atoms with Crippen LogP contribution in [0.5, 0.6) is 5.75 Å². The summed E-state index contributed by atoms with van der Waals surface area (Å²) >= 11 is 0. The van der Waals surface area contributed by atoms with Crippen LogP contribution in [0.3, 0.4) is 0 Å². The summed E-state index contributed by atoms with van der Waals surface area (Å²) in [6, 6.07) is 6.58. The molecule has 1 aromatic carbocycles. The molecule has 0 radical (unpaired) electrons. The minimum atomic E-state index is -2.78. The number of rotatable bonds is 7. The second kappa shape index (κ2) is 6.66. The molecule has 0 aromatic heterocycles. The van der Waals surface area contributed by atoms with Gasteiger partial charge in [0.25, 0.3) is 0 Å². The van der Waals surface area contributed by atoms with Crippen LogP contribution in [-0.2, 0) is 11.3 Å². The van der Waals surface area contributed by atoms with Gasteiger partial charge in [0, 0.05) is 19.2 Å². The number of halogens is 2. The van der Waals surface area contributed by atoms with Crippen LogP contribution in [0.4, 0.5) is 8.78 Å². The molecule has 0 spiro atoms. The van der Waals surface area contributed by atoms with Crippen molar-refractivity contribution in [3.05, 3.63) is 29.8 Å². The van der Waals surface area contributed by atoms with Gasteiger partial charge < -0.3 is 14.8 Å². The Hall–Kier alpha value is -1.20. The van der Waals surface area contributed by atoms with Crippen molar-refractivity contribution in [2.45, 2.75) is 32.5 Å². The number of hydrogen-bond donors (Lipinski definition) is 1. The molecule has 0 amide bonds. The molecule has 0 unspecified atom stereocenters. The molecular weight excluding hydrogens is 240 g/mol. The van der Waals surface area contributed by atoms with Crippen LogP contribution in [0.1, 0.15) is 19.4 Å². The van der Waals surface area contributed by atoms with Gasteiger partial charge in [0.1, 0.15) is 5.75 Å². The molecule has 0 saturated heterocycles. The molecule has 18 heavy (non-hydrogen) atoms. The van der Waals surface area contributed by atoms with Crippen LogP contribution < -0.4 is 10.1 Å². The SMILES string of the molecule is COCC(C)(C)NCc1ccc(OC(F)F)cc1. The van der Waals surface area contributed by atoms with E-state index in [0.29, 0.717) is 13.2 Å². The lowest BCUT2D eigenvalue weighted by molar-refractivity contribution is -0.0498. The van der Waals surface area contributed by atoms with Crippen molar-refractivity contribution in [2.75, 3.05) is 13.7 Å². The number of ether oxygens (including phenoxy) is 2. The molecule has 1 aromatic rings. The molecule has 0 aliphatic heterocycles. The van der Waals surface area contributed by atoms with Gasteiger partial charge in [0.05, 0.1) is 6.61 Å². The van der Waals surface area contributed by atoms with Gasteiger partial charge in [-0.05, 0) is 31.5 Å². The zero-order valence-electron chi connectivity index (χ0n) is 10.9. The Morgan fingerprint density at radius 2 is 1.83 bits per heavy atom. The molecule has 0 aliphatic rings. The zero-order valence-corrected chi connectivity index (χ0v) is 10.9. The largest absolute Gasteiger partial charge is 0.435 e. The fourth-order valence-electron chi connectivity index (χ4n) is 1.54. The van der Waals surface area contributed by atoms with E-state index in [4.69, 9.17) is 4.74 Å². The standard InChI is InChI=1S/C13H19F2NO2/c1-13(2,9-17-3)16-8-10-4-6-11(7-5-10)18-12(14)15/h4-7,12,16H,8-9H2,1-3H3. The Morgan fingerprint density at radius 3 is 2.33 bits per heavy atom. The van der Waals surface area contributed by atoms with E-state index in [9.17, 15) is 8.78 Å². The van der Waals surface area contributed by atoms with E-state index in [1.54, 1.807) is 19.2 Å². The molecule has 0 heterocycles. The molecule has 1 N–H and O–H groups in total. The van der Waals surface area contributed by atoms with Gasteiger partial charge in [-0.2, -0.15) is 8.78 Å². The summed E-state index contributed by atoms with van der Waals surface area (Å²) in [5, 5.41) is 3.32. The molecule has 102 valence electrons. The van der Waals surface area contributed by atoms with E-state index >= 15 is 0 Å². The van der Waals surface area contributed by atoms with E-state index in [1.165, 1.54) is 12.1 Å². The molecule has 1 rings (SSSR count). The van der Waals surface area contributed by atoms with Crippen LogP contribution in [0.25, 0.3) is 0 Å². The van der Waals surface area contributed by atoms with Crippen LogP contribution in [0.15, 0.2) is 24.3 Å². The third-order valence-corrected chi connectivity index (χ3v) is 2.42. The Kier molecular flexibility index (Phi) is 5.50. The summed E-state index contributed by atoms with van der Waals surface area (Å²) in [5.74, 6) is 0.171. The normalized spacial score (nSPS) is 11.9. The highest BCUT2D eigenvalue weighted by atomic mass is 19.3. The highest BCUT2D eigenvalue weighted by Crippen LogP contribution is 2.15. The molecule has 0 atom stereocenters. The predicted molar refractivity (Wildman–Crippen MR) is 65.9 cm³/mol. The van der Waals surface area contributed by atoms with Crippen molar-refractivity contribution in [3.8, 4) is 5.75 Å². The molecule has 5 heteroatoms. The first kappa shape index (κ1) is 14.9. The second-order valence-corrected chi connectivity index (χ2v) is 4.69. The van der Waals surface area contributed by atoms with Crippen LogP contribution >= 0.6 is 0 Å². The second-order valence-electron chi connectivity index (χ2n) is 4.69. The molecule has 0 fully saturated rings. The Morgan fingerprint density at radius 1 is 1.22 bits per heavy atom. The average molecular weight is 259 g/mol. The third kappa shape index (κ3) is 5.42. The zero-order chi connectivity index (χ0) is 13.6. The van der Waals surface area contributed by atoms with Gasteiger partial charge in [-0.15, -0.1) is 0 Å². The number of methoxy groups -OCH3 is 1. The molecular formula is C13H19F2NO2. The van der Waals surface area contributed by atoms with E-state index in [2.05, 4.69) is 10.1 Å². The Labute approximate surface area is 106 Å². The van der Waals surface area contributed by atoms with Crippen LogP contribution in [0, 0.1) is 0 Å². The lowest BCUT2D eigenvalue weighted by Crippen LogP contribution is -2.42. The molecule has 0 aliphatic carbocycles. The van der Waals surface area contributed by atoms with Crippen molar-refractivity contribution in [3.63, 3.8) is 0 Å². The Balaban J connectivity index is 2.48. The smallest absolute Gasteiger partial charge is 0.387 e. The average Bonchev–Trinajstić information content (AvgIpc) is 2.27. The van der Waals surface area contributed by atoms with Gasteiger partial charge in [0.15, 0.2) is 0 Å². The van der Waals surface area contributed by atoms with Gasteiger partial charge in [-0.1, -0.05) is 12.1 Å². The number of hydrogen-bond acceptors (Lipinski definition) is 3. The lowest BCUT2D eigenvalue weighted by Gasteiger charge is -2.25. The van der Waals surface area contributed by atoms with E-state index < -0.39 is 6.61 Å². The van der Waals surface area contributed by atoms with Crippen molar-refractivity contribution in [1.82, 2.24) is 5.32 Å². The first-order valence-corrected chi connectivity index (χ1v) is 5.71. The highest BCUT2D eigenvalue weighted by Gasteiger charge is 2.16. The fraction of sp³-hybridized carbons (Fsp3) is 0.538. The first-order valence-electron chi connectivity index (χ1n) is 5.71. The molecule has 3 nitrogen and oxygen atoms in total. The topological polar surface area (TPSA) is 30.5 Å². The summed E-state index contributed by atoms with van der Waals surface area (Å²) < 4.78 is 33.3. The van der Waals surface area contributed by atoms with Crippen molar-refractivity contribution >= 4 is 0 Å². The minimum Gasteiger partial charge on any atom is -0.435 e. The van der Waals surface area contributed by atoms with E-state index in [0.717, 1.165) is 5.56 Å². The predicted octanol–water partition coefficient (Wildman–Crippen LogP) is 2.80. The highest BCUT2D eigenvalue weighted by molar-refractivity contribution is 5.27. The first-order chi connectivity index (χ1) is 8.43. The van der Waals surface area contributed by atoms with Crippen LogP contribution in [0.2, 0.25) is 0 Å². The maximum Gasteiger partial charge on any atom is 0.387 e. The van der Waals surface area contributed by atoms with E-state index in [-0.39, 0.29) is 11.3 Å². The maximum absolute atomic E-state index is 12.0. The lowest BCUT2D eigenvalue weighted by atomic mass is 10.1. The monoisotopic (exact) mass is 259 g/mol. The summed E-state index contributed by atoms with van der Waals surface area (Å²) in [5.41, 5.74) is 0.869. The van der Waals surface area contributed by atoms with E-state index in [1.807, 2.05) is 13.8 Å². The number of alkyl halides is 2. The quantitative estimate of drug-likeness (QED) is 0.816. The summed E-state index contributed by atoms with van der Waals surface area (Å²) in [7, 11) is 1.65. The van der Waals surface area contributed by atoms with Gasteiger partial charge in [-0.3, -0.25) is 0 Å². The molecule has 0 saturated carbocycles. The van der Waals surface area contributed by atoms with Gasteiger partial charge >= 0.3 is 6.61 Å². The number of nitrogens with one attached hydrogen (secondary N) is 1. The van der Waals surface area contributed by atoms with Crippen molar-refractivity contribution in [2.24, 2.45) is 0 Å². The number of benzene rings is 1. The third-order valence-electron chi connectivity index (χ3n) is 2.42. The fourth-order valence-corrected chi connectivity index (χ4v) is 1.54. The summed E-state index contributed by atoms with van der Waals surface area (Å²) in [6.07, 6.45) is 0. The van der Waals surface area contributed by atoms with Crippen LogP contribution in [-0.4, -0.2) is 25.9 Å².